The number of nitro groups is 1. The van der Waals surface area contributed by atoms with Gasteiger partial charge in [-0.05, 0) is 19.4 Å². The molecule has 1 aromatic rings. The maximum Gasteiger partial charge on any atom is 0.343 e. The summed E-state index contributed by atoms with van der Waals surface area (Å²) in [5.74, 6) is -1.28. The van der Waals surface area contributed by atoms with Crippen molar-refractivity contribution in [2.75, 3.05) is 20.3 Å². The van der Waals surface area contributed by atoms with E-state index < -0.39 is 10.9 Å². The average molecular weight is 296 g/mol. The first-order chi connectivity index (χ1) is 9.88. The summed E-state index contributed by atoms with van der Waals surface area (Å²) in [6, 6.07) is 4.50. The molecule has 0 radical (unpaired) electrons. The first-order valence-electron chi connectivity index (χ1n) is 6.61. The van der Waals surface area contributed by atoms with Gasteiger partial charge in [0, 0.05) is 32.3 Å². The predicted octanol–water partition coefficient (Wildman–Crippen LogP) is 2.15. The van der Waals surface area contributed by atoms with E-state index in [2.05, 4.69) is 0 Å². The van der Waals surface area contributed by atoms with E-state index in [1.807, 2.05) is 18.7 Å². The van der Waals surface area contributed by atoms with Crippen molar-refractivity contribution in [2.24, 2.45) is 0 Å². The summed E-state index contributed by atoms with van der Waals surface area (Å²) in [7, 11) is 1.59. The summed E-state index contributed by atoms with van der Waals surface area (Å²) in [4.78, 5) is 23.7. The molecule has 0 aliphatic heterocycles. The standard InChI is InChI=1S/C14H20N2O5/c1-10(2)15(7-8-21-3)9-11-5-4-6-12(16(19)20)13(11)14(17)18/h4-6,10H,7-9H2,1-3H3,(H,17,18). The molecular formula is C14H20N2O5. The number of ether oxygens (including phenoxy) is 1. The number of carboxylic acids is 1. The Morgan fingerprint density at radius 2 is 2.14 bits per heavy atom. The van der Waals surface area contributed by atoms with E-state index in [0.29, 0.717) is 25.3 Å². The molecule has 0 bridgehead atoms. The Bertz CT molecular complexity index is 516. The second kappa shape index (κ2) is 7.70. The van der Waals surface area contributed by atoms with E-state index in [-0.39, 0.29) is 17.3 Å². The number of hydrogen-bond donors (Lipinski definition) is 1. The van der Waals surface area contributed by atoms with Crippen molar-refractivity contribution in [3.8, 4) is 0 Å². The Balaban J connectivity index is 3.14. The third kappa shape index (κ3) is 4.51. The summed E-state index contributed by atoms with van der Waals surface area (Å²) in [6.45, 7) is 5.41. The van der Waals surface area contributed by atoms with Crippen molar-refractivity contribution < 1.29 is 19.6 Å². The zero-order valence-electron chi connectivity index (χ0n) is 12.4. The van der Waals surface area contributed by atoms with Crippen LogP contribution in [-0.2, 0) is 11.3 Å². The Labute approximate surface area is 123 Å². The molecular weight excluding hydrogens is 276 g/mol. The van der Waals surface area contributed by atoms with E-state index in [1.165, 1.54) is 12.1 Å². The fourth-order valence-electron chi connectivity index (χ4n) is 2.06. The molecule has 0 aliphatic rings. The van der Waals surface area contributed by atoms with Gasteiger partial charge >= 0.3 is 5.97 Å². The monoisotopic (exact) mass is 296 g/mol. The molecule has 1 N–H and O–H groups in total. The molecule has 1 aromatic carbocycles. The van der Waals surface area contributed by atoms with Crippen molar-refractivity contribution in [1.82, 2.24) is 4.90 Å². The number of methoxy groups -OCH3 is 1. The van der Waals surface area contributed by atoms with Crippen LogP contribution in [0.1, 0.15) is 29.8 Å². The van der Waals surface area contributed by atoms with Gasteiger partial charge in [-0.3, -0.25) is 15.0 Å². The van der Waals surface area contributed by atoms with Gasteiger partial charge in [-0.2, -0.15) is 0 Å². The van der Waals surface area contributed by atoms with Crippen LogP contribution in [0.4, 0.5) is 5.69 Å². The van der Waals surface area contributed by atoms with Crippen LogP contribution in [0, 0.1) is 10.1 Å². The Morgan fingerprint density at radius 3 is 2.62 bits per heavy atom. The summed E-state index contributed by atoms with van der Waals surface area (Å²) >= 11 is 0. The quantitative estimate of drug-likeness (QED) is 0.583. The lowest BCUT2D eigenvalue weighted by Crippen LogP contribution is -2.33. The van der Waals surface area contributed by atoms with Crippen LogP contribution in [0.3, 0.4) is 0 Å². The summed E-state index contributed by atoms with van der Waals surface area (Å²) in [5, 5.41) is 20.3. The molecule has 21 heavy (non-hydrogen) atoms. The van der Waals surface area contributed by atoms with Gasteiger partial charge in [0.2, 0.25) is 0 Å². The third-order valence-electron chi connectivity index (χ3n) is 3.23. The topological polar surface area (TPSA) is 92.9 Å². The van der Waals surface area contributed by atoms with E-state index >= 15 is 0 Å². The van der Waals surface area contributed by atoms with Gasteiger partial charge in [0.25, 0.3) is 5.69 Å². The van der Waals surface area contributed by atoms with Gasteiger partial charge < -0.3 is 9.84 Å². The van der Waals surface area contributed by atoms with Crippen LogP contribution in [0.5, 0.6) is 0 Å². The smallest absolute Gasteiger partial charge is 0.343 e. The molecule has 7 heteroatoms. The van der Waals surface area contributed by atoms with Crippen LogP contribution in [-0.4, -0.2) is 47.2 Å². The van der Waals surface area contributed by atoms with Gasteiger partial charge in [-0.25, -0.2) is 4.79 Å². The summed E-state index contributed by atoms with van der Waals surface area (Å²) in [5.41, 5.74) is -0.192. The molecule has 0 spiro atoms. The molecule has 0 aromatic heterocycles. The fraction of sp³-hybridized carbons (Fsp3) is 0.500. The van der Waals surface area contributed by atoms with Crippen molar-refractivity contribution in [3.63, 3.8) is 0 Å². The molecule has 0 saturated carbocycles. The van der Waals surface area contributed by atoms with E-state index in [9.17, 15) is 20.0 Å². The lowest BCUT2D eigenvalue weighted by molar-refractivity contribution is -0.385. The van der Waals surface area contributed by atoms with Crippen LogP contribution >= 0.6 is 0 Å². The number of hydrogen-bond acceptors (Lipinski definition) is 5. The second-order valence-electron chi connectivity index (χ2n) is 4.93. The number of carbonyl (C=O) groups is 1. The Kier molecular flexibility index (Phi) is 6.26. The highest BCUT2D eigenvalue weighted by atomic mass is 16.6. The van der Waals surface area contributed by atoms with E-state index in [0.717, 1.165) is 0 Å². The lowest BCUT2D eigenvalue weighted by Gasteiger charge is -2.26. The molecule has 116 valence electrons. The predicted molar refractivity (Wildman–Crippen MR) is 77.5 cm³/mol. The molecule has 0 amide bonds. The Morgan fingerprint density at radius 1 is 1.48 bits per heavy atom. The molecule has 0 fully saturated rings. The summed E-state index contributed by atoms with van der Waals surface area (Å²) < 4.78 is 5.03. The number of nitro benzene ring substituents is 1. The molecule has 1 rings (SSSR count). The highest BCUT2D eigenvalue weighted by Gasteiger charge is 2.24. The SMILES string of the molecule is COCCN(Cc1cccc([N+](=O)[O-])c1C(=O)O)C(C)C. The highest BCUT2D eigenvalue weighted by Crippen LogP contribution is 2.24. The molecule has 7 nitrogen and oxygen atoms in total. The first kappa shape index (κ1) is 17.1. The zero-order valence-corrected chi connectivity index (χ0v) is 12.4. The van der Waals surface area contributed by atoms with Gasteiger partial charge in [-0.15, -0.1) is 0 Å². The number of benzene rings is 1. The van der Waals surface area contributed by atoms with Crippen LogP contribution in [0.15, 0.2) is 18.2 Å². The molecule has 0 aliphatic carbocycles. The maximum absolute atomic E-state index is 11.4. The van der Waals surface area contributed by atoms with Gasteiger partial charge in [-0.1, -0.05) is 12.1 Å². The number of carboxylic acid groups (broad SMARTS) is 1. The zero-order chi connectivity index (χ0) is 16.0. The minimum atomic E-state index is -1.28. The van der Waals surface area contributed by atoms with Crippen molar-refractivity contribution in [2.45, 2.75) is 26.4 Å². The van der Waals surface area contributed by atoms with Crippen molar-refractivity contribution in [1.29, 1.82) is 0 Å². The van der Waals surface area contributed by atoms with Crippen molar-refractivity contribution in [3.05, 3.63) is 39.4 Å². The van der Waals surface area contributed by atoms with Gasteiger partial charge in [0.05, 0.1) is 11.5 Å². The molecule has 0 unspecified atom stereocenters. The Hall–Kier alpha value is -1.99. The van der Waals surface area contributed by atoms with Crippen molar-refractivity contribution >= 4 is 11.7 Å². The first-order valence-corrected chi connectivity index (χ1v) is 6.61. The molecule has 0 heterocycles. The minimum absolute atomic E-state index is 0.168. The van der Waals surface area contributed by atoms with Crippen LogP contribution in [0.25, 0.3) is 0 Å². The van der Waals surface area contributed by atoms with E-state index in [4.69, 9.17) is 4.74 Å². The number of aromatic carboxylic acids is 1. The minimum Gasteiger partial charge on any atom is -0.477 e. The average Bonchev–Trinajstić information content (AvgIpc) is 2.42. The van der Waals surface area contributed by atoms with Crippen LogP contribution < -0.4 is 0 Å². The summed E-state index contributed by atoms with van der Waals surface area (Å²) in [6.07, 6.45) is 0. The largest absolute Gasteiger partial charge is 0.477 e. The third-order valence-corrected chi connectivity index (χ3v) is 3.23. The lowest BCUT2D eigenvalue weighted by atomic mass is 10.0. The fourth-order valence-corrected chi connectivity index (χ4v) is 2.06. The number of nitrogens with zero attached hydrogens (tertiary/aromatic N) is 2. The maximum atomic E-state index is 11.4. The van der Waals surface area contributed by atoms with E-state index in [1.54, 1.807) is 13.2 Å². The normalized spacial score (nSPS) is 11.1. The van der Waals surface area contributed by atoms with Gasteiger partial charge in [0.1, 0.15) is 5.56 Å². The van der Waals surface area contributed by atoms with Gasteiger partial charge in [0.15, 0.2) is 0 Å². The number of rotatable bonds is 8. The molecule has 0 saturated heterocycles. The highest BCUT2D eigenvalue weighted by molar-refractivity contribution is 5.94. The van der Waals surface area contributed by atoms with Crippen LogP contribution in [0.2, 0.25) is 0 Å². The second-order valence-corrected chi connectivity index (χ2v) is 4.93. The molecule has 0 atom stereocenters.